The SMILES string of the molecule is CCc1cccnc1CNC1CC(C)N(C2CC2)C1. The molecule has 2 aliphatic rings. The summed E-state index contributed by atoms with van der Waals surface area (Å²) in [6, 6.07) is 6.51. The molecule has 1 saturated carbocycles. The summed E-state index contributed by atoms with van der Waals surface area (Å²) in [6.07, 6.45) is 7.09. The van der Waals surface area contributed by atoms with Crippen molar-refractivity contribution < 1.29 is 0 Å². The van der Waals surface area contributed by atoms with E-state index in [1.54, 1.807) is 0 Å². The number of rotatable bonds is 5. The van der Waals surface area contributed by atoms with E-state index in [4.69, 9.17) is 0 Å². The van der Waals surface area contributed by atoms with Crippen LogP contribution < -0.4 is 5.32 Å². The van der Waals surface area contributed by atoms with Gasteiger partial charge in [0.15, 0.2) is 0 Å². The molecule has 2 fully saturated rings. The number of hydrogen-bond acceptors (Lipinski definition) is 3. The summed E-state index contributed by atoms with van der Waals surface area (Å²) < 4.78 is 0. The molecule has 1 aromatic heterocycles. The molecule has 3 rings (SSSR count). The largest absolute Gasteiger partial charge is 0.307 e. The standard InChI is InChI=1S/C16H25N3/c1-3-13-5-4-8-17-16(13)10-18-14-9-12(2)19(11-14)15-6-7-15/h4-5,8,12,14-15,18H,3,6-7,9-11H2,1-2H3. The van der Waals surface area contributed by atoms with Crippen LogP contribution in [0.15, 0.2) is 18.3 Å². The predicted octanol–water partition coefficient (Wildman–Crippen LogP) is 2.36. The Balaban J connectivity index is 1.55. The molecule has 3 nitrogen and oxygen atoms in total. The highest BCUT2D eigenvalue weighted by Gasteiger charge is 2.38. The number of hydrogen-bond donors (Lipinski definition) is 1. The third-order valence-electron chi connectivity index (χ3n) is 4.56. The van der Waals surface area contributed by atoms with Gasteiger partial charge in [-0.25, -0.2) is 0 Å². The lowest BCUT2D eigenvalue weighted by atomic mass is 10.1. The van der Waals surface area contributed by atoms with Gasteiger partial charge < -0.3 is 5.32 Å². The van der Waals surface area contributed by atoms with E-state index in [0.717, 1.165) is 25.0 Å². The summed E-state index contributed by atoms with van der Waals surface area (Å²) >= 11 is 0. The fourth-order valence-corrected chi connectivity index (χ4v) is 3.31. The Bertz CT molecular complexity index is 428. The fraction of sp³-hybridized carbons (Fsp3) is 0.688. The van der Waals surface area contributed by atoms with Gasteiger partial charge in [0.25, 0.3) is 0 Å². The van der Waals surface area contributed by atoms with Crippen molar-refractivity contribution in [1.82, 2.24) is 15.2 Å². The van der Waals surface area contributed by atoms with Crippen molar-refractivity contribution >= 4 is 0 Å². The summed E-state index contributed by atoms with van der Waals surface area (Å²) in [7, 11) is 0. The zero-order valence-electron chi connectivity index (χ0n) is 12.1. The molecule has 0 radical (unpaired) electrons. The Morgan fingerprint density at radius 1 is 1.42 bits per heavy atom. The van der Waals surface area contributed by atoms with Gasteiger partial charge in [0.1, 0.15) is 0 Å². The third kappa shape index (κ3) is 2.98. The maximum atomic E-state index is 4.52. The van der Waals surface area contributed by atoms with Crippen molar-refractivity contribution in [2.45, 2.75) is 64.2 Å². The molecule has 2 unspecified atom stereocenters. The molecule has 0 spiro atoms. The van der Waals surface area contributed by atoms with Gasteiger partial charge in [0.2, 0.25) is 0 Å². The lowest BCUT2D eigenvalue weighted by Crippen LogP contribution is -2.34. The van der Waals surface area contributed by atoms with E-state index in [2.05, 4.69) is 35.1 Å². The van der Waals surface area contributed by atoms with Crippen LogP contribution in [0.1, 0.15) is 44.4 Å². The Hall–Kier alpha value is -0.930. The quantitative estimate of drug-likeness (QED) is 0.880. The maximum absolute atomic E-state index is 4.52. The first-order valence-corrected chi connectivity index (χ1v) is 7.69. The van der Waals surface area contributed by atoms with E-state index in [9.17, 15) is 0 Å². The summed E-state index contributed by atoms with van der Waals surface area (Å²) in [4.78, 5) is 7.21. The molecule has 3 heteroatoms. The van der Waals surface area contributed by atoms with Gasteiger partial charge in [-0.05, 0) is 44.2 Å². The van der Waals surface area contributed by atoms with Crippen LogP contribution >= 0.6 is 0 Å². The van der Waals surface area contributed by atoms with Crippen LogP contribution in [0.4, 0.5) is 0 Å². The molecule has 1 N–H and O–H groups in total. The molecule has 1 aromatic rings. The Kier molecular flexibility index (Phi) is 3.85. The van der Waals surface area contributed by atoms with Crippen LogP contribution in [-0.4, -0.2) is 34.6 Å². The van der Waals surface area contributed by atoms with Crippen LogP contribution in [-0.2, 0) is 13.0 Å². The van der Waals surface area contributed by atoms with Crippen molar-refractivity contribution in [1.29, 1.82) is 0 Å². The topological polar surface area (TPSA) is 28.2 Å². The number of nitrogens with one attached hydrogen (secondary N) is 1. The normalized spacial score (nSPS) is 27.9. The van der Waals surface area contributed by atoms with Crippen molar-refractivity contribution in [3.8, 4) is 0 Å². The minimum Gasteiger partial charge on any atom is -0.307 e. The molecule has 1 aliphatic carbocycles. The molecule has 104 valence electrons. The van der Waals surface area contributed by atoms with E-state index in [-0.39, 0.29) is 0 Å². The van der Waals surface area contributed by atoms with Gasteiger partial charge in [-0.15, -0.1) is 0 Å². The molecule has 1 saturated heterocycles. The van der Waals surface area contributed by atoms with Crippen molar-refractivity contribution in [3.05, 3.63) is 29.6 Å². The molecule has 0 aromatic carbocycles. The van der Waals surface area contributed by atoms with Crippen molar-refractivity contribution in [2.24, 2.45) is 0 Å². The average Bonchev–Trinajstić information content (AvgIpc) is 3.21. The Morgan fingerprint density at radius 3 is 3.00 bits per heavy atom. The second-order valence-corrected chi connectivity index (χ2v) is 6.05. The number of aromatic nitrogens is 1. The predicted molar refractivity (Wildman–Crippen MR) is 78.0 cm³/mol. The number of pyridine rings is 1. The highest BCUT2D eigenvalue weighted by atomic mass is 15.3. The fourth-order valence-electron chi connectivity index (χ4n) is 3.31. The summed E-state index contributed by atoms with van der Waals surface area (Å²) in [5, 5.41) is 3.71. The Morgan fingerprint density at radius 2 is 2.26 bits per heavy atom. The molecular weight excluding hydrogens is 234 g/mol. The molecule has 2 heterocycles. The lowest BCUT2D eigenvalue weighted by molar-refractivity contribution is 0.255. The number of likely N-dealkylation sites (tertiary alicyclic amines) is 1. The first-order chi connectivity index (χ1) is 9.28. The second kappa shape index (κ2) is 5.59. The van der Waals surface area contributed by atoms with E-state index in [1.807, 2.05) is 12.3 Å². The van der Waals surface area contributed by atoms with Gasteiger partial charge in [-0.2, -0.15) is 0 Å². The molecule has 0 bridgehead atoms. The second-order valence-electron chi connectivity index (χ2n) is 6.05. The highest BCUT2D eigenvalue weighted by molar-refractivity contribution is 5.19. The number of aryl methyl sites for hydroxylation is 1. The van der Waals surface area contributed by atoms with Crippen LogP contribution in [0.5, 0.6) is 0 Å². The Labute approximate surface area is 116 Å². The summed E-state index contributed by atoms with van der Waals surface area (Å²) in [5.41, 5.74) is 2.60. The first kappa shape index (κ1) is 13.1. The zero-order valence-corrected chi connectivity index (χ0v) is 12.1. The van der Waals surface area contributed by atoms with Crippen LogP contribution in [0.3, 0.4) is 0 Å². The summed E-state index contributed by atoms with van der Waals surface area (Å²) in [5.74, 6) is 0. The van der Waals surface area contributed by atoms with Crippen LogP contribution in [0.2, 0.25) is 0 Å². The van der Waals surface area contributed by atoms with E-state index in [0.29, 0.717) is 6.04 Å². The molecular formula is C16H25N3. The zero-order chi connectivity index (χ0) is 13.2. The monoisotopic (exact) mass is 259 g/mol. The molecule has 19 heavy (non-hydrogen) atoms. The van der Waals surface area contributed by atoms with Gasteiger partial charge in [0, 0.05) is 37.4 Å². The van der Waals surface area contributed by atoms with Gasteiger partial charge in [-0.3, -0.25) is 9.88 Å². The van der Waals surface area contributed by atoms with Crippen LogP contribution in [0, 0.1) is 0 Å². The van der Waals surface area contributed by atoms with Crippen molar-refractivity contribution in [3.63, 3.8) is 0 Å². The third-order valence-corrected chi connectivity index (χ3v) is 4.56. The van der Waals surface area contributed by atoms with Gasteiger partial charge in [-0.1, -0.05) is 13.0 Å². The summed E-state index contributed by atoms with van der Waals surface area (Å²) in [6.45, 7) is 6.71. The average molecular weight is 259 g/mol. The molecule has 1 aliphatic heterocycles. The van der Waals surface area contributed by atoms with E-state index >= 15 is 0 Å². The minimum atomic E-state index is 0.641. The highest BCUT2D eigenvalue weighted by Crippen LogP contribution is 2.33. The molecule has 0 amide bonds. The molecule has 2 atom stereocenters. The van der Waals surface area contributed by atoms with Crippen molar-refractivity contribution in [2.75, 3.05) is 6.54 Å². The first-order valence-electron chi connectivity index (χ1n) is 7.69. The lowest BCUT2D eigenvalue weighted by Gasteiger charge is -2.19. The van der Waals surface area contributed by atoms with Gasteiger partial charge >= 0.3 is 0 Å². The van der Waals surface area contributed by atoms with Crippen LogP contribution in [0.25, 0.3) is 0 Å². The van der Waals surface area contributed by atoms with E-state index in [1.165, 1.54) is 37.1 Å². The van der Waals surface area contributed by atoms with E-state index < -0.39 is 0 Å². The minimum absolute atomic E-state index is 0.641. The smallest absolute Gasteiger partial charge is 0.0573 e. The number of nitrogens with zero attached hydrogens (tertiary/aromatic N) is 2. The van der Waals surface area contributed by atoms with Gasteiger partial charge in [0.05, 0.1) is 5.69 Å². The maximum Gasteiger partial charge on any atom is 0.0573 e.